The predicted octanol–water partition coefficient (Wildman–Crippen LogP) is 0.423. The summed E-state index contributed by atoms with van der Waals surface area (Å²) in [6.07, 6.45) is 4.87. The molecule has 1 aromatic rings. The van der Waals surface area contributed by atoms with E-state index in [9.17, 15) is 9.90 Å². The van der Waals surface area contributed by atoms with E-state index in [0.717, 1.165) is 0 Å². The number of phenols is 1. The first-order valence-corrected chi connectivity index (χ1v) is 3.97. The Morgan fingerprint density at radius 1 is 1.64 bits per heavy atom. The van der Waals surface area contributed by atoms with Crippen molar-refractivity contribution in [2.24, 2.45) is 5.73 Å². The lowest BCUT2D eigenvalue weighted by Crippen LogP contribution is -2.08. The second kappa shape index (κ2) is 4.30. The van der Waals surface area contributed by atoms with Crippen LogP contribution in [0.15, 0.2) is 18.2 Å². The summed E-state index contributed by atoms with van der Waals surface area (Å²) in [5.41, 5.74) is 6.41. The number of benzene rings is 1. The van der Waals surface area contributed by atoms with Crippen LogP contribution < -0.4 is 11.1 Å². The molecular weight excluding hydrogens is 180 g/mol. The van der Waals surface area contributed by atoms with Crippen molar-refractivity contribution in [3.8, 4) is 18.1 Å². The number of hydrogen-bond donors (Lipinski definition) is 3. The first kappa shape index (κ1) is 10.1. The molecule has 0 unspecified atom stereocenters. The van der Waals surface area contributed by atoms with E-state index < -0.39 is 5.91 Å². The van der Waals surface area contributed by atoms with E-state index in [1.807, 2.05) is 5.92 Å². The quantitative estimate of drug-likeness (QED) is 0.592. The van der Waals surface area contributed by atoms with Crippen LogP contribution in [0.4, 0.5) is 5.69 Å². The highest BCUT2D eigenvalue weighted by atomic mass is 16.3. The Morgan fingerprint density at radius 2 is 2.36 bits per heavy atom. The summed E-state index contributed by atoms with van der Waals surface area (Å²) in [5, 5.41) is 11.8. The van der Waals surface area contributed by atoms with Gasteiger partial charge in [-0.1, -0.05) is 6.07 Å². The minimum atomic E-state index is -0.551. The Balaban J connectivity index is 2.87. The number of amides is 1. The minimum Gasteiger partial charge on any atom is -0.508 e. The normalized spacial score (nSPS) is 9.14. The van der Waals surface area contributed by atoms with Crippen LogP contribution in [0.5, 0.6) is 5.75 Å². The fraction of sp³-hybridized carbons (Fsp3) is 0.100. The molecule has 4 nitrogen and oxygen atoms in total. The Hall–Kier alpha value is -1.99. The molecule has 0 aromatic heterocycles. The van der Waals surface area contributed by atoms with Gasteiger partial charge in [0.25, 0.3) is 5.91 Å². The molecule has 0 atom stereocenters. The van der Waals surface area contributed by atoms with Gasteiger partial charge in [-0.3, -0.25) is 4.79 Å². The average molecular weight is 190 g/mol. The number of terminal acetylenes is 1. The van der Waals surface area contributed by atoms with Crippen LogP contribution in [0.1, 0.15) is 5.56 Å². The van der Waals surface area contributed by atoms with Crippen LogP contribution in [-0.2, 0) is 11.3 Å². The van der Waals surface area contributed by atoms with Crippen molar-refractivity contribution in [2.75, 3.05) is 5.32 Å². The highest BCUT2D eigenvalue weighted by Crippen LogP contribution is 2.21. The molecule has 4 N–H and O–H groups in total. The van der Waals surface area contributed by atoms with Gasteiger partial charge in [0.1, 0.15) is 5.75 Å². The number of hydrogen-bond acceptors (Lipinski definition) is 3. The van der Waals surface area contributed by atoms with E-state index in [0.29, 0.717) is 11.3 Å². The lowest BCUT2D eigenvalue weighted by Gasteiger charge is -2.05. The van der Waals surface area contributed by atoms with Gasteiger partial charge in [0, 0.05) is 23.9 Å². The van der Waals surface area contributed by atoms with Crippen molar-refractivity contribution in [2.45, 2.75) is 6.54 Å². The lowest BCUT2D eigenvalue weighted by atomic mass is 10.2. The standard InChI is InChI=1S/C10H10N2O2/c1-2-10(14)12-8-4-3-7(6-11)9(13)5-8/h1,3-5,13H,6,11H2,(H,12,14). The van der Waals surface area contributed by atoms with Crippen molar-refractivity contribution in [3.63, 3.8) is 0 Å². The van der Waals surface area contributed by atoms with Crippen LogP contribution in [0, 0.1) is 12.3 Å². The van der Waals surface area contributed by atoms with Crippen molar-refractivity contribution in [3.05, 3.63) is 23.8 Å². The van der Waals surface area contributed by atoms with Gasteiger partial charge < -0.3 is 16.2 Å². The molecule has 0 saturated carbocycles. The molecule has 1 rings (SSSR count). The maximum Gasteiger partial charge on any atom is 0.300 e. The Kier molecular flexibility index (Phi) is 3.10. The average Bonchev–Trinajstić information content (AvgIpc) is 2.18. The van der Waals surface area contributed by atoms with Crippen molar-refractivity contribution < 1.29 is 9.90 Å². The largest absolute Gasteiger partial charge is 0.508 e. The third-order valence-electron chi connectivity index (χ3n) is 1.69. The highest BCUT2D eigenvalue weighted by Gasteiger charge is 2.02. The zero-order valence-corrected chi connectivity index (χ0v) is 7.45. The number of rotatable bonds is 2. The molecule has 14 heavy (non-hydrogen) atoms. The maximum absolute atomic E-state index is 10.8. The third-order valence-corrected chi connectivity index (χ3v) is 1.69. The van der Waals surface area contributed by atoms with Gasteiger partial charge in [-0.05, 0) is 12.0 Å². The molecule has 0 aliphatic carbocycles. The Morgan fingerprint density at radius 3 is 2.86 bits per heavy atom. The first-order chi connectivity index (χ1) is 6.67. The fourth-order valence-electron chi connectivity index (χ4n) is 0.981. The van der Waals surface area contributed by atoms with E-state index >= 15 is 0 Å². The van der Waals surface area contributed by atoms with Crippen LogP contribution in [0.25, 0.3) is 0 Å². The summed E-state index contributed by atoms with van der Waals surface area (Å²) in [7, 11) is 0. The topological polar surface area (TPSA) is 75.4 Å². The number of aromatic hydroxyl groups is 1. The number of anilines is 1. The molecule has 0 bridgehead atoms. The summed E-state index contributed by atoms with van der Waals surface area (Å²) >= 11 is 0. The molecule has 0 heterocycles. The van der Waals surface area contributed by atoms with Crippen LogP contribution in [-0.4, -0.2) is 11.0 Å². The monoisotopic (exact) mass is 190 g/mol. The highest BCUT2D eigenvalue weighted by molar-refractivity contribution is 6.03. The minimum absolute atomic E-state index is 0.0438. The zero-order valence-electron chi connectivity index (χ0n) is 7.45. The summed E-state index contributed by atoms with van der Waals surface area (Å²) < 4.78 is 0. The lowest BCUT2D eigenvalue weighted by molar-refractivity contribution is -0.111. The van der Waals surface area contributed by atoms with E-state index in [1.54, 1.807) is 12.1 Å². The number of carbonyl (C=O) groups is 1. The van der Waals surface area contributed by atoms with Crippen molar-refractivity contribution in [1.29, 1.82) is 0 Å². The van der Waals surface area contributed by atoms with Crippen LogP contribution in [0.2, 0.25) is 0 Å². The molecule has 0 aliphatic heterocycles. The molecule has 1 aromatic carbocycles. The third kappa shape index (κ3) is 2.25. The Labute approximate surface area is 81.7 Å². The number of phenolic OH excluding ortho intramolecular Hbond substituents is 1. The van der Waals surface area contributed by atoms with Crippen LogP contribution in [0.3, 0.4) is 0 Å². The smallest absolute Gasteiger partial charge is 0.300 e. The summed E-state index contributed by atoms with van der Waals surface area (Å²) in [5.74, 6) is 1.40. The fourth-order valence-corrected chi connectivity index (χ4v) is 0.981. The van der Waals surface area contributed by atoms with E-state index in [2.05, 4.69) is 5.32 Å². The van der Waals surface area contributed by atoms with Gasteiger partial charge in [-0.15, -0.1) is 6.42 Å². The molecule has 0 spiro atoms. The summed E-state index contributed by atoms with van der Waals surface area (Å²) in [6, 6.07) is 4.65. The van der Waals surface area contributed by atoms with Gasteiger partial charge >= 0.3 is 0 Å². The summed E-state index contributed by atoms with van der Waals surface area (Å²) in [4.78, 5) is 10.8. The first-order valence-electron chi connectivity index (χ1n) is 3.97. The molecule has 0 saturated heterocycles. The molecule has 0 aliphatic rings. The number of carbonyl (C=O) groups excluding carboxylic acids is 1. The number of nitrogens with one attached hydrogen (secondary N) is 1. The molecule has 72 valence electrons. The van der Waals surface area contributed by atoms with Gasteiger partial charge in [-0.25, -0.2) is 0 Å². The van der Waals surface area contributed by atoms with E-state index in [-0.39, 0.29) is 12.3 Å². The van der Waals surface area contributed by atoms with Crippen molar-refractivity contribution in [1.82, 2.24) is 0 Å². The van der Waals surface area contributed by atoms with Crippen LogP contribution >= 0.6 is 0 Å². The number of nitrogens with two attached hydrogens (primary N) is 1. The van der Waals surface area contributed by atoms with Gasteiger partial charge in [0.2, 0.25) is 0 Å². The van der Waals surface area contributed by atoms with Gasteiger partial charge in [0.15, 0.2) is 0 Å². The van der Waals surface area contributed by atoms with Crippen molar-refractivity contribution >= 4 is 11.6 Å². The van der Waals surface area contributed by atoms with E-state index in [1.165, 1.54) is 6.07 Å². The second-order valence-corrected chi connectivity index (χ2v) is 2.65. The molecule has 1 amide bonds. The van der Waals surface area contributed by atoms with E-state index in [4.69, 9.17) is 12.2 Å². The second-order valence-electron chi connectivity index (χ2n) is 2.65. The molecule has 0 radical (unpaired) electrons. The molecule has 4 heteroatoms. The Bertz CT molecular complexity index is 394. The van der Waals surface area contributed by atoms with Gasteiger partial charge in [-0.2, -0.15) is 0 Å². The summed E-state index contributed by atoms with van der Waals surface area (Å²) in [6.45, 7) is 0.245. The molecule has 0 fully saturated rings. The zero-order chi connectivity index (χ0) is 10.6. The SMILES string of the molecule is C#CC(=O)Nc1ccc(CN)c(O)c1. The molecular formula is C10H10N2O2. The predicted molar refractivity (Wildman–Crippen MR) is 53.5 cm³/mol. The van der Waals surface area contributed by atoms with Gasteiger partial charge in [0.05, 0.1) is 0 Å². The maximum atomic E-state index is 10.8.